The summed E-state index contributed by atoms with van der Waals surface area (Å²) < 4.78 is 0. The summed E-state index contributed by atoms with van der Waals surface area (Å²) in [5.41, 5.74) is 0. The van der Waals surface area contributed by atoms with E-state index in [9.17, 15) is 0 Å². The van der Waals surface area contributed by atoms with Crippen LogP contribution in [-0.4, -0.2) is 20.4 Å². The van der Waals surface area contributed by atoms with Gasteiger partial charge in [0.15, 0.2) is 0 Å². The van der Waals surface area contributed by atoms with Gasteiger partial charge in [-0.05, 0) is 18.5 Å². The zero-order valence-electron chi connectivity index (χ0n) is 7.35. The molecule has 2 heteroatoms. The molecule has 2 unspecified atom stereocenters. The molecule has 0 rings (SSSR count). The van der Waals surface area contributed by atoms with Crippen molar-refractivity contribution >= 4 is 7.85 Å². The Balaban J connectivity index is 3.17. The highest BCUT2D eigenvalue weighted by Crippen LogP contribution is 1.98. The predicted molar refractivity (Wildman–Crippen MR) is 47.5 cm³/mol. The Morgan fingerprint density at radius 2 is 2.00 bits per heavy atom. The average Bonchev–Trinajstić information content (AvgIpc) is 1.99. The Kier molecular flexibility index (Phi) is 5.80. The van der Waals surface area contributed by atoms with E-state index in [1.165, 1.54) is 6.42 Å². The quantitative estimate of drug-likeness (QED) is 0.570. The van der Waals surface area contributed by atoms with Gasteiger partial charge in [-0.1, -0.05) is 33.5 Å². The second-order valence-electron chi connectivity index (χ2n) is 3.06. The lowest BCUT2D eigenvalue weighted by Gasteiger charge is -2.14. The molecule has 1 N–H and O–H groups in total. The molecule has 0 aliphatic carbocycles. The number of nitrogens with one attached hydrogen (secondary N) is 1. The molecular formula is C8H18BN. The van der Waals surface area contributed by atoms with Crippen molar-refractivity contribution < 1.29 is 0 Å². The standard InChI is InChI=1S/C8H18BN/c1-4-7(2)6-10-8(3)5-9/h7-8,10H,4-6H2,1-3H3. The molecule has 0 amide bonds. The lowest BCUT2D eigenvalue weighted by atomic mass is 9.98. The van der Waals surface area contributed by atoms with Crippen LogP contribution in [0.5, 0.6) is 0 Å². The normalized spacial score (nSPS) is 16.7. The maximum atomic E-state index is 5.44. The van der Waals surface area contributed by atoms with Crippen molar-refractivity contribution in [2.24, 2.45) is 5.92 Å². The molecule has 0 fully saturated rings. The summed E-state index contributed by atoms with van der Waals surface area (Å²) in [5.74, 6) is 0.772. The summed E-state index contributed by atoms with van der Waals surface area (Å²) in [6.07, 6.45) is 1.97. The third-order valence-electron chi connectivity index (χ3n) is 1.87. The lowest BCUT2D eigenvalue weighted by Crippen LogP contribution is -2.29. The van der Waals surface area contributed by atoms with Crippen LogP contribution in [0.1, 0.15) is 27.2 Å². The highest BCUT2D eigenvalue weighted by Gasteiger charge is 2.00. The van der Waals surface area contributed by atoms with Crippen molar-refractivity contribution in [2.45, 2.75) is 39.6 Å². The molecule has 0 aliphatic rings. The third-order valence-corrected chi connectivity index (χ3v) is 1.87. The van der Waals surface area contributed by atoms with Gasteiger partial charge in [-0.25, -0.2) is 0 Å². The van der Waals surface area contributed by atoms with Crippen LogP contribution in [0, 0.1) is 5.92 Å². The van der Waals surface area contributed by atoms with E-state index >= 15 is 0 Å². The van der Waals surface area contributed by atoms with Crippen LogP contribution in [0.4, 0.5) is 0 Å². The van der Waals surface area contributed by atoms with E-state index in [4.69, 9.17) is 7.85 Å². The fourth-order valence-corrected chi connectivity index (χ4v) is 0.630. The maximum Gasteiger partial charge on any atom is 0.0673 e. The van der Waals surface area contributed by atoms with Gasteiger partial charge >= 0.3 is 0 Å². The van der Waals surface area contributed by atoms with E-state index in [1.807, 2.05) is 0 Å². The molecule has 0 saturated carbocycles. The summed E-state index contributed by atoms with van der Waals surface area (Å²) in [6.45, 7) is 7.66. The van der Waals surface area contributed by atoms with Gasteiger partial charge in [0.05, 0.1) is 7.85 Å². The molecule has 0 aliphatic heterocycles. The Bertz CT molecular complexity index is 65.7. The number of hydrogen-bond acceptors (Lipinski definition) is 1. The molecule has 0 saturated heterocycles. The number of hydrogen-bond donors (Lipinski definition) is 1. The minimum absolute atomic E-state index is 0.467. The first-order chi connectivity index (χ1) is 4.70. The molecule has 2 atom stereocenters. The highest BCUT2D eigenvalue weighted by molar-refractivity contribution is 6.08. The lowest BCUT2D eigenvalue weighted by molar-refractivity contribution is 0.468. The average molecular weight is 139 g/mol. The summed E-state index contributed by atoms with van der Waals surface area (Å²) in [7, 11) is 5.44. The fourth-order valence-electron chi connectivity index (χ4n) is 0.630. The van der Waals surface area contributed by atoms with E-state index in [1.54, 1.807) is 0 Å². The Labute approximate surface area is 66.0 Å². The van der Waals surface area contributed by atoms with Gasteiger partial charge in [0.2, 0.25) is 0 Å². The van der Waals surface area contributed by atoms with E-state index < -0.39 is 0 Å². The van der Waals surface area contributed by atoms with Gasteiger partial charge in [-0.2, -0.15) is 0 Å². The molecule has 2 radical (unpaired) electrons. The minimum Gasteiger partial charge on any atom is -0.315 e. The Hall–Kier alpha value is 0.0249. The van der Waals surface area contributed by atoms with Crippen molar-refractivity contribution in [3.05, 3.63) is 0 Å². The molecule has 0 bridgehead atoms. The van der Waals surface area contributed by atoms with E-state index in [2.05, 4.69) is 26.1 Å². The summed E-state index contributed by atoms with van der Waals surface area (Å²) in [5, 5.41) is 3.36. The van der Waals surface area contributed by atoms with Crippen molar-refractivity contribution in [2.75, 3.05) is 6.54 Å². The van der Waals surface area contributed by atoms with Gasteiger partial charge in [0.1, 0.15) is 0 Å². The smallest absolute Gasteiger partial charge is 0.0673 e. The molecule has 10 heavy (non-hydrogen) atoms. The first-order valence-corrected chi connectivity index (χ1v) is 4.14. The van der Waals surface area contributed by atoms with E-state index in [-0.39, 0.29) is 0 Å². The first-order valence-electron chi connectivity index (χ1n) is 4.14. The van der Waals surface area contributed by atoms with Gasteiger partial charge in [0, 0.05) is 0 Å². The molecule has 58 valence electrons. The topological polar surface area (TPSA) is 12.0 Å². The van der Waals surface area contributed by atoms with Gasteiger partial charge < -0.3 is 5.32 Å². The summed E-state index contributed by atoms with van der Waals surface area (Å²) in [4.78, 5) is 0. The molecule has 0 aromatic heterocycles. The highest BCUT2D eigenvalue weighted by atomic mass is 14.9. The van der Waals surface area contributed by atoms with E-state index in [0.717, 1.165) is 18.8 Å². The monoisotopic (exact) mass is 139 g/mol. The van der Waals surface area contributed by atoms with Crippen LogP contribution < -0.4 is 5.32 Å². The number of rotatable bonds is 5. The van der Waals surface area contributed by atoms with Crippen molar-refractivity contribution in [1.29, 1.82) is 0 Å². The molecule has 0 spiro atoms. The zero-order chi connectivity index (χ0) is 7.98. The first kappa shape index (κ1) is 10.0. The summed E-state index contributed by atoms with van der Waals surface area (Å²) >= 11 is 0. The van der Waals surface area contributed by atoms with E-state index in [0.29, 0.717) is 6.04 Å². The molecule has 0 heterocycles. The van der Waals surface area contributed by atoms with Crippen molar-refractivity contribution in [3.8, 4) is 0 Å². The van der Waals surface area contributed by atoms with Crippen LogP contribution in [0.25, 0.3) is 0 Å². The molecule has 0 aromatic carbocycles. The fraction of sp³-hybridized carbons (Fsp3) is 1.00. The minimum atomic E-state index is 0.467. The molecule has 1 nitrogen and oxygen atoms in total. The van der Waals surface area contributed by atoms with Crippen molar-refractivity contribution in [1.82, 2.24) is 5.32 Å². The maximum absolute atomic E-state index is 5.44. The van der Waals surface area contributed by atoms with Gasteiger partial charge in [0.25, 0.3) is 0 Å². The summed E-state index contributed by atoms with van der Waals surface area (Å²) in [6, 6.07) is 0.467. The van der Waals surface area contributed by atoms with Gasteiger partial charge in [-0.3, -0.25) is 0 Å². The van der Waals surface area contributed by atoms with Crippen LogP contribution in [0.15, 0.2) is 0 Å². The SMILES string of the molecule is [B]CC(C)NCC(C)CC. The predicted octanol–water partition coefficient (Wildman–Crippen LogP) is 1.60. The Morgan fingerprint density at radius 3 is 2.40 bits per heavy atom. The van der Waals surface area contributed by atoms with Gasteiger partial charge in [-0.15, -0.1) is 0 Å². The van der Waals surface area contributed by atoms with Crippen LogP contribution in [0.3, 0.4) is 0 Å². The zero-order valence-corrected chi connectivity index (χ0v) is 7.35. The van der Waals surface area contributed by atoms with Crippen LogP contribution >= 0.6 is 0 Å². The van der Waals surface area contributed by atoms with Crippen molar-refractivity contribution in [3.63, 3.8) is 0 Å². The largest absolute Gasteiger partial charge is 0.315 e. The van der Waals surface area contributed by atoms with Crippen LogP contribution in [-0.2, 0) is 0 Å². The Morgan fingerprint density at radius 1 is 1.40 bits per heavy atom. The molecular weight excluding hydrogens is 121 g/mol. The second kappa shape index (κ2) is 5.78. The third kappa shape index (κ3) is 4.86. The van der Waals surface area contributed by atoms with Crippen LogP contribution in [0.2, 0.25) is 6.32 Å². The second-order valence-corrected chi connectivity index (χ2v) is 3.06. The molecule has 0 aromatic rings.